The molecule has 0 bridgehead atoms. The van der Waals surface area contributed by atoms with E-state index in [4.69, 9.17) is 4.74 Å². The van der Waals surface area contributed by atoms with Crippen LogP contribution in [0.4, 0.5) is 11.4 Å². The van der Waals surface area contributed by atoms with Crippen molar-refractivity contribution in [2.75, 3.05) is 43.0 Å². The smallest absolute Gasteiger partial charge is 0.260 e. The number of anilines is 2. The summed E-state index contributed by atoms with van der Waals surface area (Å²) in [6, 6.07) is 13.1. The summed E-state index contributed by atoms with van der Waals surface area (Å²) in [6.45, 7) is 9.63. The molecule has 1 aliphatic heterocycles. The van der Waals surface area contributed by atoms with Gasteiger partial charge in [0.2, 0.25) is 0 Å². The fourth-order valence-electron chi connectivity index (χ4n) is 4.09. The van der Waals surface area contributed by atoms with Crippen molar-refractivity contribution in [3.63, 3.8) is 0 Å². The molecule has 0 saturated carbocycles. The van der Waals surface area contributed by atoms with Gasteiger partial charge in [-0.15, -0.1) is 0 Å². The van der Waals surface area contributed by atoms with Crippen LogP contribution in [0, 0.1) is 6.92 Å². The number of rotatable bonds is 8. The normalized spacial score (nSPS) is 13.9. The first-order valence-electron chi connectivity index (χ1n) is 11.7. The third-order valence-corrected chi connectivity index (χ3v) is 6.03. The monoisotopic (exact) mass is 437 g/mol. The number of carbonyl (C=O) groups is 2. The van der Waals surface area contributed by atoms with Crippen LogP contribution in [0.1, 0.15) is 55.5 Å². The van der Waals surface area contributed by atoms with Gasteiger partial charge in [0, 0.05) is 37.6 Å². The summed E-state index contributed by atoms with van der Waals surface area (Å²) < 4.78 is 5.80. The third-order valence-electron chi connectivity index (χ3n) is 6.03. The fraction of sp³-hybridized carbons (Fsp3) is 0.462. The summed E-state index contributed by atoms with van der Waals surface area (Å²) in [6.07, 6.45) is 4.42. The highest BCUT2D eigenvalue weighted by atomic mass is 16.5. The highest BCUT2D eigenvalue weighted by Crippen LogP contribution is 2.25. The Balaban J connectivity index is 1.67. The minimum Gasteiger partial charge on any atom is -0.483 e. The summed E-state index contributed by atoms with van der Waals surface area (Å²) in [5.74, 6) is 0.150. The van der Waals surface area contributed by atoms with Gasteiger partial charge in [-0.3, -0.25) is 9.59 Å². The number of para-hydroxylation sites is 1. The summed E-state index contributed by atoms with van der Waals surface area (Å²) in [5, 5.41) is 3.00. The third kappa shape index (κ3) is 6.02. The highest BCUT2D eigenvalue weighted by molar-refractivity contribution is 6.06. The number of hydrogen-bond donors (Lipinski definition) is 1. The van der Waals surface area contributed by atoms with Crippen molar-refractivity contribution >= 4 is 23.2 Å². The predicted octanol–water partition coefficient (Wildman–Crippen LogP) is 4.87. The maximum Gasteiger partial charge on any atom is 0.260 e. The summed E-state index contributed by atoms with van der Waals surface area (Å²) in [5.41, 5.74) is 3.32. The molecule has 2 amide bonds. The van der Waals surface area contributed by atoms with E-state index < -0.39 is 0 Å². The Morgan fingerprint density at radius 2 is 1.69 bits per heavy atom. The Morgan fingerprint density at radius 3 is 2.34 bits per heavy atom. The number of nitrogens with zero attached hydrogens (tertiary/aromatic N) is 2. The number of hydrogen-bond acceptors (Lipinski definition) is 4. The van der Waals surface area contributed by atoms with E-state index in [1.807, 2.05) is 30.0 Å². The molecule has 6 nitrogen and oxygen atoms in total. The minimum atomic E-state index is -0.249. The van der Waals surface area contributed by atoms with E-state index in [2.05, 4.69) is 30.1 Å². The number of aryl methyl sites for hydroxylation is 1. The van der Waals surface area contributed by atoms with Gasteiger partial charge in [-0.05, 0) is 69.5 Å². The largest absolute Gasteiger partial charge is 0.483 e. The number of ether oxygens (including phenoxy) is 1. The lowest BCUT2D eigenvalue weighted by molar-refractivity contribution is -0.133. The lowest BCUT2D eigenvalue weighted by Crippen LogP contribution is -2.35. The summed E-state index contributed by atoms with van der Waals surface area (Å²) >= 11 is 0. The van der Waals surface area contributed by atoms with Crippen molar-refractivity contribution in [1.82, 2.24) is 4.90 Å². The zero-order valence-electron chi connectivity index (χ0n) is 19.5. The van der Waals surface area contributed by atoms with Crippen molar-refractivity contribution in [2.24, 2.45) is 0 Å². The number of amides is 2. The second kappa shape index (κ2) is 11.6. The molecular formula is C26H35N3O3. The van der Waals surface area contributed by atoms with Crippen molar-refractivity contribution in [2.45, 2.75) is 46.5 Å². The van der Waals surface area contributed by atoms with Crippen LogP contribution in [0.15, 0.2) is 42.5 Å². The van der Waals surface area contributed by atoms with Crippen molar-refractivity contribution in [3.05, 3.63) is 53.6 Å². The maximum atomic E-state index is 13.0. The Morgan fingerprint density at radius 1 is 1.00 bits per heavy atom. The second-order valence-corrected chi connectivity index (χ2v) is 8.21. The average Bonchev–Trinajstić information content (AvgIpc) is 3.10. The molecule has 0 unspecified atom stereocenters. The molecule has 6 heteroatoms. The van der Waals surface area contributed by atoms with E-state index in [0.717, 1.165) is 56.0 Å². The van der Waals surface area contributed by atoms with Gasteiger partial charge in [0.25, 0.3) is 11.8 Å². The molecule has 1 aliphatic rings. The zero-order valence-corrected chi connectivity index (χ0v) is 19.5. The number of carbonyl (C=O) groups excluding carboxylic acids is 2. The van der Waals surface area contributed by atoms with E-state index in [0.29, 0.717) is 11.3 Å². The van der Waals surface area contributed by atoms with Gasteiger partial charge in [0.05, 0.1) is 5.56 Å². The van der Waals surface area contributed by atoms with Crippen molar-refractivity contribution in [3.8, 4) is 5.75 Å². The molecule has 1 saturated heterocycles. The van der Waals surface area contributed by atoms with E-state index in [1.54, 1.807) is 18.2 Å². The molecule has 0 atom stereocenters. The second-order valence-electron chi connectivity index (χ2n) is 8.21. The van der Waals surface area contributed by atoms with Crippen molar-refractivity contribution in [1.29, 1.82) is 0 Å². The molecule has 2 aromatic carbocycles. The molecule has 1 heterocycles. The van der Waals surface area contributed by atoms with Crippen LogP contribution < -0.4 is 15.0 Å². The van der Waals surface area contributed by atoms with E-state index in [-0.39, 0.29) is 18.4 Å². The molecule has 0 spiro atoms. The van der Waals surface area contributed by atoms with Gasteiger partial charge < -0.3 is 19.9 Å². The number of likely N-dealkylation sites (tertiary alicyclic amines) is 1. The highest BCUT2D eigenvalue weighted by Gasteiger charge is 2.18. The average molecular weight is 438 g/mol. The minimum absolute atomic E-state index is 0.0232. The van der Waals surface area contributed by atoms with Crippen LogP contribution in [0.2, 0.25) is 0 Å². The molecule has 0 radical (unpaired) electrons. The SMILES string of the molecule is CCN(CC)c1ccc(NC(=O)c2ccccc2OCC(=O)N2CCCCCC2)c(C)c1. The first-order valence-corrected chi connectivity index (χ1v) is 11.7. The van der Waals surface area contributed by atoms with Gasteiger partial charge >= 0.3 is 0 Å². The van der Waals surface area contributed by atoms with Crippen LogP contribution in [-0.4, -0.2) is 49.5 Å². The zero-order chi connectivity index (χ0) is 22.9. The Labute approximate surface area is 191 Å². The Bertz CT molecular complexity index is 916. The standard InChI is InChI=1S/C26H35N3O3/c1-4-28(5-2)21-14-15-23(20(3)18-21)27-26(31)22-12-8-9-13-24(22)32-19-25(30)29-16-10-6-7-11-17-29/h8-9,12-15,18H,4-7,10-11,16-17,19H2,1-3H3,(H,27,31). The van der Waals surface area contributed by atoms with E-state index in [1.165, 1.54) is 12.8 Å². The van der Waals surface area contributed by atoms with Crippen LogP contribution >= 0.6 is 0 Å². The summed E-state index contributed by atoms with van der Waals surface area (Å²) in [4.78, 5) is 29.7. The molecule has 1 fully saturated rings. The number of nitrogens with one attached hydrogen (secondary N) is 1. The first kappa shape index (κ1) is 23.6. The molecule has 32 heavy (non-hydrogen) atoms. The lowest BCUT2D eigenvalue weighted by Gasteiger charge is -2.22. The molecular weight excluding hydrogens is 402 g/mol. The van der Waals surface area contributed by atoms with Gasteiger partial charge in [0.15, 0.2) is 6.61 Å². The van der Waals surface area contributed by atoms with Crippen LogP contribution in [0.5, 0.6) is 5.75 Å². The molecule has 0 aliphatic carbocycles. The first-order chi connectivity index (χ1) is 15.5. The summed E-state index contributed by atoms with van der Waals surface area (Å²) in [7, 11) is 0. The van der Waals surface area contributed by atoms with Gasteiger partial charge in [0.1, 0.15) is 5.75 Å². The topological polar surface area (TPSA) is 61.9 Å². The molecule has 2 aromatic rings. The maximum absolute atomic E-state index is 13.0. The quantitative estimate of drug-likeness (QED) is 0.640. The van der Waals surface area contributed by atoms with Gasteiger partial charge in [-0.2, -0.15) is 0 Å². The van der Waals surface area contributed by atoms with Crippen molar-refractivity contribution < 1.29 is 14.3 Å². The van der Waals surface area contributed by atoms with E-state index >= 15 is 0 Å². The fourth-order valence-corrected chi connectivity index (χ4v) is 4.09. The predicted molar refractivity (Wildman–Crippen MR) is 130 cm³/mol. The Hall–Kier alpha value is -3.02. The van der Waals surface area contributed by atoms with E-state index in [9.17, 15) is 9.59 Å². The van der Waals surface area contributed by atoms with Crippen LogP contribution in [-0.2, 0) is 4.79 Å². The molecule has 172 valence electrons. The molecule has 0 aromatic heterocycles. The number of benzene rings is 2. The lowest BCUT2D eigenvalue weighted by atomic mass is 10.1. The van der Waals surface area contributed by atoms with Gasteiger partial charge in [-0.25, -0.2) is 0 Å². The van der Waals surface area contributed by atoms with Gasteiger partial charge in [-0.1, -0.05) is 25.0 Å². The van der Waals surface area contributed by atoms with Crippen LogP contribution in [0.25, 0.3) is 0 Å². The molecule has 3 rings (SSSR count). The molecule has 1 N–H and O–H groups in total. The Kier molecular flexibility index (Phi) is 8.54. The van der Waals surface area contributed by atoms with Crippen LogP contribution in [0.3, 0.4) is 0 Å².